The Labute approximate surface area is 188 Å². The van der Waals surface area contributed by atoms with Gasteiger partial charge in [0.05, 0.1) is 37.6 Å². The summed E-state index contributed by atoms with van der Waals surface area (Å²) in [7, 11) is 0. The second kappa shape index (κ2) is 12.0. The van der Waals surface area contributed by atoms with Gasteiger partial charge in [0.25, 0.3) is 0 Å². The second-order valence-corrected chi connectivity index (χ2v) is 7.64. The number of benzene rings is 3. The Kier molecular flexibility index (Phi) is 8.79. The zero-order valence-electron chi connectivity index (χ0n) is 17.9. The average molecular weight is 433 g/mol. The number of aliphatic hydroxyl groups is 2. The lowest BCUT2D eigenvalue weighted by molar-refractivity contribution is 0.107. The van der Waals surface area contributed by atoms with Crippen LogP contribution in [0.25, 0.3) is 0 Å². The Balaban J connectivity index is 1.41. The van der Waals surface area contributed by atoms with E-state index >= 15 is 0 Å². The molecule has 0 aliphatic rings. The maximum atomic E-state index is 10.3. The molecule has 0 saturated heterocycles. The van der Waals surface area contributed by atoms with Crippen molar-refractivity contribution in [3.05, 3.63) is 100 Å². The molecule has 32 heavy (non-hydrogen) atoms. The first kappa shape index (κ1) is 23.5. The van der Waals surface area contributed by atoms with Crippen LogP contribution in [-0.4, -0.2) is 28.4 Å². The normalized spacial score (nSPS) is 11.8. The molecule has 0 heterocycles. The lowest BCUT2D eigenvalue weighted by Crippen LogP contribution is -2.23. The molecule has 6 nitrogen and oxygen atoms in total. The number of hydrogen-bond donors (Lipinski definition) is 4. The van der Waals surface area contributed by atoms with E-state index < -0.39 is 6.10 Å². The van der Waals surface area contributed by atoms with Gasteiger partial charge in [-0.15, -0.1) is 0 Å². The molecule has 0 unspecified atom stereocenters. The SMILES string of the molecule is N#Cc1ccc(COCc2cccc(CCNC[C@@H](O)c3ccc(O)c(CO)c3)c2)cc1. The number of aromatic hydroxyl groups is 1. The summed E-state index contributed by atoms with van der Waals surface area (Å²) < 4.78 is 5.80. The summed E-state index contributed by atoms with van der Waals surface area (Å²) in [6, 6.07) is 22.5. The van der Waals surface area contributed by atoms with Crippen LogP contribution in [-0.2, 0) is 31.0 Å². The van der Waals surface area contributed by atoms with Crippen molar-refractivity contribution < 1.29 is 20.1 Å². The Morgan fingerprint density at radius 2 is 1.69 bits per heavy atom. The van der Waals surface area contributed by atoms with E-state index in [1.807, 2.05) is 24.3 Å². The fraction of sp³-hybridized carbons (Fsp3) is 0.269. The number of aliphatic hydroxyl groups excluding tert-OH is 2. The third-order valence-electron chi connectivity index (χ3n) is 5.20. The molecule has 166 valence electrons. The van der Waals surface area contributed by atoms with Gasteiger partial charge in [-0.3, -0.25) is 0 Å². The molecule has 3 aromatic carbocycles. The van der Waals surface area contributed by atoms with Crippen LogP contribution in [0.15, 0.2) is 66.7 Å². The molecule has 0 amide bonds. The van der Waals surface area contributed by atoms with Crippen LogP contribution >= 0.6 is 0 Å². The first-order chi connectivity index (χ1) is 15.6. The Hall–Kier alpha value is -3.21. The molecule has 3 aromatic rings. The molecule has 0 bridgehead atoms. The quantitative estimate of drug-likeness (QED) is 0.346. The zero-order chi connectivity index (χ0) is 22.8. The minimum Gasteiger partial charge on any atom is -0.508 e. The molecule has 0 aliphatic carbocycles. The van der Waals surface area contributed by atoms with E-state index in [1.54, 1.807) is 24.3 Å². The number of nitriles is 1. The van der Waals surface area contributed by atoms with Crippen molar-refractivity contribution >= 4 is 0 Å². The van der Waals surface area contributed by atoms with Crippen molar-refractivity contribution in [2.24, 2.45) is 0 Å². The van der Waals surface area contributed by atoms with E-state index in [4.69, 9.17) is 10.00 Å². The number of phenols is 1. The molecule has 0 radical (unpaired) electrons. The van der Waals surface area contributed by atoms with Crippen molar-refractivity contribution in [3.63, 3.8) is 0 Å². The van der Waals surface area contributed by atoms with Gasteiger partial charge >= 0.3 is 0 Å². The summed E-state index contributed by atoms with van der Waals surface area (Å²) in [4.78, 5) is 0. The fourth-order valence-electron chi connectivity index (χ4n) is 3.37. The van der Waals surface area contributed by atoms with Crippen molar-refractivity contribution in [1.82, 2.24) is 5.32 Å². The summed E-state index contributed by atoms with van der Waals surface area (Å²) in [5.74, 6) is 0.0252. The highest BCUT2D eigenvalue weighted by Crippen LogP contribution is 2.22. The predicted octanol–water partition coefficient (Wildman–Crippen LogP) is 3.34. The monoisotopic (exact) mass is 432 g/mol. The fourth-order valence-corrected chi connectivity index (χ4v) is 3.37. The van der Waals surface area contributed by atoms with Gasteiger partial charge in [0.15, 0.2) is 0 Å². The van der Waals surface area contributed by atoms with Gasteiger partial charge in [0, 0.05) is 12.1 Å². The van der Waals surface area contributed by atoms with Crippen LogP contribution in [0, 0.1) is 11.3 Å². The molecule has 4 N–H and O–H groups in total. The van der Waals surface area contributed by atoms with Crippen molar-refractivity contribution in [2.75, 3.05) is 13.1 Å². The highest BCUT2D eigenvalue weighted by atomic mass is 16.5. The predicted molar refractivity (Wildman–Crippen MR) is 122 cm³/mol. The molecule has 3 rings (SSSR count). The molecule has 0 saturated carbocycles. The van der Waals surface area contributed by atoms with Crippen LogP contribution in [0.3, 0.4) is 0 Å². The smallest absolute Gasteiger partial charge is 0.121 e. The van der Waals surface area contributed by atoms with E-state index in [0.29, 0.717) is 43.0 Å². The van der Waals surface area contributed by atoms with Crippen molar-refractivity contribution in [2.45, 2.75) is 32.3 Å². The zero-order valence-corrected chi connectivity index (χ0v) is 17.9. The third-order valence-corrected chi connectivity index (χ3v) is 5.20. The minimum atomic E-state index is -0.720. The maximum absolute atomic E-state index is 10.3. The lowest BCUT2D eigenvalue weighted by atomic mass is 10.0. The van der Waals surface area contributed by atoms with Gasteiger partial charge in [-0.1, -0.05) is 42.5 Å². The molecule has 0 fully saturated rings. The topological polar surface area (TPSA) is 106 Å². The number of nitrogens with one attached hydrogen (secondary N) is 1. The van der Waals surface area contributed by atoms with Crippen LogP contribution in [0.2, 0.25) is 0 Å². The number of rotatable bonds is 11. The summed E-state index contributed by atoms with van der Waals surface area (Å²) in [6.45, 7) is 1.81. The highest BCUT2D eigenvalue weighted by molar-refractivity contribution is 5.36. The summed E-state index contributed by atoms with van der Waals surface area (Å²) in [6.07, 6.45) is 0.0936. The van der Waals surface area contributed by atoms with Gasteiger partial charge in [-0.25, -0.2) is 0 Å². The van der Waals surface area contributed by atoms with E-state index in [-0.39, 0.29) is 12.4 Å². The standard InChI is InChI=1S/C26H28N2O4/c27-14-20-4-6-21(7-5-20)17-32-18-22-3-1-2-19(12-22)10-11-28-15-26(31)23-8-9-25(30)24(13-23)16-29/h1-9,12-13,26,28-31H,10-11,15-18H2/t26-/m1/s1. The van der Waals surface area contributed by atoms with E-state index in [1.165, 1.54) is 11.6 Å². The second-order valence-electron chi connectivity index (χ2n) is 7.64. The summed E-state index contributed by atoms with van der Waals surface area (Å²) in [5.41, 5.74) is 5.00. The van der Waals surface area contributed by atoms with Crippen LogP contribution in [0.4, 0.5) is 0 Å². The first-order valence-electron chi connectivity index (χ1n) is 10.5. The molecular weight excluding hydrogens is 404 g/mol. The van der Waals surface area contributed by atoms with Crippen molar-refractivity contribution in [3.8, 4) is 11.8 Å². The molecule has 6 heteroatoms. The molecule has 0 aliphatic heterocycles. The Bertz CT molecular complexity index is 1040. The lowest BCUT2D eigenvalue weighted by Gasteiger charge is -2.14. The number of hydrogen-bond acceptors (Lipinski definition) is 6. The van der Waals surface area contributed by atoms with Gasteiger partial charge < -0.3 is 25.4 Å². The van der Waals surface area contributed by atoms with E-state index in [0.717, 1.165) is 17.5 Å². The van der Waals surface area contributed by atoms with Crippen molar-refractivity contribution in [1.29, 1.82) is 5.26 Å². The number of nitrogens with zero attached hydrogens (tertiary/aromatic N) is 1. The molecule has 0 aromatic heterocycles. The highest BCUT2D eigenvalue weighted by Gasteiger charge is 2.10. The Morgan fingerprint density at radius 1 is 0.938 bits per heavy atom. The van der Waals surface area contributed by atoms with Gasteiger partial charge in [-0.2, -0.15) is 5.26 Å². The van der Waals surface area contributed by atoms with E-state index in [9.17, 15) is 15.3 Å². The summed E-state index contributed by atoms with van der Waals surface area (Å²) >= 11 is 0. The first-order valence-corrected chi connectivity index (χ1v) is 10.5. The van der Waals surface area contributed by atoms with Crippen LogP contribution in [0.1, 0.15) is 39.5 Å². The third kappa shape index (κ3) is 6.91. The summed E-state index contributed by atoms with van der Waals surface area (Å²) in [5, 5.41) is 41.3. The largest absolute Gasteiger partial charge is 0.508 e. The molecule has 0 spiro atoms. The van der Waals surface area contributed by atoms with Gasteiger partial charge in [0.1, 0.15) is 5.75 Å². The molecular formula is C26H28N2O4. The van der Waals surface area contributed by atoms with Crippen LogP contribution < -0.4 is 5.32 Å². The maximum Gasteiger partial charge on any atom is 0.121 e. The Morgan fingerprint density at radius 3 is 2.44 bits per heavy atom. The van der Waals surface area contributed by atoms with Gasteiger partial charge in [0.2, 0.25) is 0 Å². The average Bonchev–Trinajstić information content (AvgIpc) is 2.82. The molecule has 1 atom stereocenters. The van der Waals surface area contributed by atoms with E-state index in [2.05, 4.69) is 23.5 Å². The van der Waals surface area contributed by atoms with Gasteiger partial charge in [-0.05, 0) is 59.5 Å². The number of ether oxygens (including phenoxy) is 1. The minimum absolute atomic E-state index is 0.0252. The van der Waals surface area contributed by atoms with Crippen LogP contribution in [0.5, 0.6) is 5.75 Å².